The lowest BCUT2D eigenvalue weighted by molar-refractivity contribution is 0.144. The van der Waals surface area contributed by atoms with E-state index in [0.29, 0.717) is 24.8 Å². The van der Waals surface area contributed by atoms with Crippen molar-refractivity contribution >= 4 is 27.3 Å². The van der Waals surface area contributed by atoms with Gasteiger partial charge in [0, 0.05) is 13.2 Å². The summed E-state index contributed by atoms with van der Waals surface area (Å²) in [4.78, 5) is 3.92. The van der Waals surface area contributed by atoms with Crippen LogP contribution in [0.1, 0.15) is 0 Å². The molecule has 1 heterocycles. The molecule has 0 aromatic carbocycles. The second kappa shape index (κ2) is 6.63. The van der Waals surface area contributed by atoms with Gasteiger partial charge in [0.2, 0.25) is 15.9 Å². The first-order valence-corrected chi connectivity index (χ1v) is 6.90. The maximum Gasteiger partial charge on any atom is 0.246 e. The Bertz CT molecular complexity index is 435. The van der Waals surface area contributed by atoms with Crippen molar-refractivity contribution in [1.82, 2.24) is 4.98 Å². The number of hydrogen-bond acceptors (Lipinski definition) is 5. The van der Waals surface area contributed by atoms with Crippen LogP contribution in [0.2, 0.25) is 0 Å². The highest BCUT2D eigenvalue weighted by Gasteiger charge is 2.08. The molecule has 96 valence electrons. The van der Waals surface area contributed by atoms with Crippen molar-refractivity contribution in [2.45, 2.75) is 0 Å². The van der Waals surface area contributed by atoms with Crippen LogP contribution in [-0.4, -0.2) is 38.9 Å². The third-order valence-electron chi connectivity index (χ3n) is 1.69. The second-order valence-corrected chi connectivity index (χ2v) is 5.36. The summed E-state index contributed by atoms with van der Waals surface area (Å²) in [5, 5.41) is -0.501. The maximum atomic E-state index is 11.1. The Balaban J connectivity index is 2.56. The summed E-state index contributed by atoms with van der Waals surface area (Å²) in [7, 11) is -1.92. The quantitative estimate of drug-likeness (QED) is 0.596. The summed E-state index contributed by atoms with van der Waals surface area (Å²) < 4.78 is 34.6. The van der Waals surface area contributed by atoms with Gasteiger partial charge in [0.05, 0.1) is 18.5 Å². The highest BCUT2D eigenvalue weighted by molar-refractivity contribution is 7.93. The first kappa shape index (κ1) is 14.0. The van der Waals surface area contributed by atoms with E-state index in [2.05, 4.69) is 9.71 Å². The molecule has 0 bridgehead atoms. The van der Waals surface area contributed by atoms with E-state index in [0.717, 1.165) is 0 Å². The largest absolute Gasteiger partial charge is 0.475 e. The lowest BCUT2D eigenvalue weighted by Crippen LogP contribution is -2.13. The van der Waals surface area contributed by atoms with Gasteiger partial charge in [-0.05, 0) is 6.07 Å². The molecule has 0 atom stereocenters. The van der Waals surface area contributed by atoms with Crippen LogP contribution >= 0.6 is 11.6 Å². The molecule has 1 rings (SSSR count). The minimum absolute atomic E-state index is 0.338. The predicted octanol–water partition coefficient (Wildman–Crippen LogP) is 1.04. The molecule has 0 saturated carbocycles. The molecule has 1 N–H and O–H groups in total. The number of ether oxygens (including phenoxy) is 2. The van der Waals surface area contributed by atoms with E-state index in [4.69, 9.17) is 21.1 Å². The normalized spacial score (nSPS) is 11.2. The Morgan fingerprint density at radius 1 is 1.41 bits per heavy atom. The molecule has 1 aromatic rings. The number of nitrogens with one attached hydrogen (secondary N) is 1. The van der Waals surface area contributed by atoms with E-state index < -0.39 is 15.2 Å². The molecule has 1 aromatic heterocycles. The van der Waals surface area contributed by atoms with Crippen molar-refractivity contribution in [2.75, 3.05) is 30.3 Å². The molecule has 0 fully saturated rings. The fourth-order valence-corrected chi connectivity index (χ4v) is 1.66. The number of pyridine rings is 1. The van der Waals surface area contributed by atoms with Gasteiger partial charge in [0.15, 0.2) is 0 Å². The second-order valence-electron chi connectivity index (χ2n) is 3.05. The smallest absolute Gasteiger partial charge is 0.246 e. The van der Waals surface area contributed by atoms with Gasteiger partial charge in [-0.15, -0.1) is 11.6 Å². The third-order valence-corrected chi connectivity index (χ3v) is 3.39. The van der Waals surface area contributed by atoms with E-state index in [9.17, 15) is 8.42 Å². The zero-order valence-corrected chi connectivity index (χ0v) is 10.8. The summed E-state index contributed by atoms with van der Waals surface area (Å²) >= 11 is 5.25. The summed E-state index contributed by atoms with van der Waals surface area (Å²) in [6, 6.07) is 3.10. The topological polar surface area (TPSA) is 77.5 Å². The van der Waals surface area contributed by atoms with Crippen molar-refractivity contribution in [3.8, 4) is 5.88 Å². The fourth-order valence-electron chi connectivity index (χ4n) is 0.962. The molecule has 0 unspecified atom stereocenters. The molecule has 0 amide bonds. The van der Waals surface area contributed by atoms with Gasteiger partial charge in [0.1, 0.15) is 11.8 Å². The lowest BCUT2D eigenvalue weighted by atomic mass is 10.4. The van der Waals surface area contributed by atoms with Gasteiger partial charge in [-0.2, -0.15) is 0 Å². The average molecular weight is 281 g/mol. The van der Waals surface area contributed by atoms with Gasteiger partial charge in [-0.25, -0.2) is 13.4 Å². The Kier molecular flexibility index (Phi) is 5.46. The number of halogens is 1. The SMILES string of the molecule is COCCOc1ccc(NS(=O)(=O)CCl)cn1. The Hall–Kier alpha value is -1.05. The van der Waals surface area contributed by atoms with Crippen LogP contribution < -0.4 is 9.46 Å². The highest BCUT2D eigenvalue weighted by atomic mass is 35.5. The number of sulfonamides is 1. The molecule has 8 heteroatoms. The minimum Gasteiger partial charge on any atom is -0.475 e. The van der Waals surface area contributed by atoms with E-state index in [1.807, 2.05) is 0 Å². The molecule has 0 spiro atoms. The summed E-state index contributed by atoms with van der Waals surface area (Å²) in [5.74, 6) is 0.399. The van der Waals surface area contributed by atoms with Crippen LogP contribution in [0.25, 0.3) is 0 Å². The van der Waals surface area contributed by atoms with Crippen LogP contribution in [0, 0.1) is 0 Å². The molecule has 0 radical (unpaired) electrons. The summed E-state index contributed by atoms with van der Waals surface area (Å²) in [6.07, 6.45) is 1.35. The van der Waals surface area contributed by atoms with Crippen molar-refractivity contribution in [3.05, 3.63) is 18.3 Å². The van der Waals surface area contributed by atoms with Gasteiger partial charge in [0.25, 0.3) is 0 Å². The van der Waals surface area contributed by atoms with Gasteiger partial charge in [-0.3, -0.25) is 4.72 Å². The van der Waals surface area contributed by atoms with Crippen molar-refractivity contribution in [1.29, 1.82) is 0 Å². The van der Waals surface area contributed by atoms with Crippen LogP contribution in [0.3, 0.4) is 0 Å². The Morgan fingerprint density at radius 2 is 2.18 bits per heavy atom. The van der Waals surface area contributed by atoms with Crippen LogP contribution in [0.4, 0.5) is 5.69 Å². The number of hydrogen-bond donors (Lipinski definition) is 1. The number of aromatic nitrogens is 1. The van der Waals surface area contributed by atoms with Crippen molar-refractivity contribution in [2.24, 2.45) is 0 Å². The minimum atomic E-state index is -3.49. The molecule has 6 nitrogen and oxygen atoms in total. The molecular weight excluding hydrogens is 268 g/mol. The van der Waals surface area contributed by atoms with Gasteiger partial charge < -0.3 is 9.47 Å². The standard InChI is InChI=1S/C9H13ClN2O4S/c1-15-4-5-16-9-3-2-8(6-11-9)12-17(13,14)7-10/h2-3,6,12H,4-5,7H2,1H3. The Morgan fingerprint density at radius 3 is 2.71 bits per heavy atom. The first-order chi connectivity index (χ1) is 8.07. The van der Waals surface area contributed by atoms with Gasteiger partial charge >= 0.3 is 0 Å². The number of anilines is 1. The lowest BCUT2D eigenvalue weighted by Gasteiger charge is -2.07. The number of rotatable bonds is 7. The average Bonchev–Trinajstić information content (AvgIpc) is 2.31. The molecule has 0 saturated heterocycles. The predicted molar refractivity (Wildman–Crippen MR) is 64.9 cm³/mol. The van der Waals surface area contributed by atoms with E-state index >= 15 is 0 Å². The molecule has 0 aliphatic carbocycles. The van der Waals surface area contributed by atoms with Crippen molar-refractivity contribution < 1.29 is 17.9 Å². The number of nitrogens with zero attached hydrogens (tertiary/aromatic N) is 1. The van der Waals surface area contributed by atoms with Gasteiger partial charge in [-0.1, -0.05) is 0 Å². The number of methoxy groups -OCH3 is 1. The summed E-state index contributed by atoms with van der Waals surface area (Å²) in [5.41, 5.74) is 0.338. The zero-order chi connectivity index (χ0) is 12.7. The van der Waals surface area contributed by atoms with Crippen molar-refractivity contribution in [3.63, 3.8) is 0 Å². The van der Waals surface area contributed by atoms with Crippen LogP contribution in [0.5, 0.6) is 5.88 Å². The Labute approximate surface area is 105 Å². The first-order valence-electron chi connectivity index (χ1n) is 4.71. The molecular formula is C9H13ClN2O4S. The summed E-state index contributed by atoms with van der Waals surface area (Å²) in [6.45, 7) is 0.846. The maximum absolute atomic E-state index is 11.1. The fraction of sp³-hybridized carbons (Fsp3) is 0.444. The zero-order valence-electron chi connectivity index (χ0n) is 9.22. The third kappa shape index (κ3) is 5.20. The monoisotopic (exact) mass is 280 g/mol. The van der Waals surface area contributed by atoms with E-state index in [1.54, 1.807) is 19.2 Å². The molecule has 0 aliphatic heterocycles. The van der Waals surface area contributed by atoms with Crippen LogP contribution in [0.15, 0.2) is 18.3 Å². The number of alkyl halides is 1. The van der Waals surface area contributed by atoms with E-state index in [-0.39, 0.29) is 0 Å². The molecule has 0 aliphatic rings. The van der Waals surface area contributed by atoms with E-state index in [1.165, 1.54) is 6.20 Å². The molecule has 17 heavy (non-hydrogen) atoms. The highest BCUT2D eigenvalue weighted by Crippen LogP contribution is 2.13. The van der Waals surface area contributed by atoms with Crippen LogP contribution in [-0.2, 0) is 14.8 Å².